The third-order valence-corrected chi connectivity index (χ3v) is 3.37. The number of benzene rings is 2. The van der Waals surface area contributed by atoms with Crippen molar-refractivity contribution in [1.29, 1.82) is 0 Å². The number of carboxylic acids is 1. The Labute approximate surface area is 133 Å². The van der Waals surface area contributed by atoms with Crippen LogP contribution in [0.2, 0.25) is 5.02 Å². The van der Waals surface area contributed by atoms with Gasteiger partial charge in [-0.05, 0) is 29.3 Å². The molecule has 5 heteroatoms. The van der Waals surface area contributed by atoms with E-state index >= 15 is 0 Å². The largest absolute Gasteiger partial charge is 0.493 e. The maximum absolute atomic E-state index is 11.2. The summed E-state index contributed by atoms with van der Waals surface area (Å²) in [6.07, 6.45) is 1.14. The van der Waals surface area contributed by atoms with Gasteiger partial charge in [0.1, 0.15) is 0 Å². The Morgan fingerprint density at radius 3 is 2.32 bits per heavy atom. The highest BCUT2D eigenvalue weighted by Crippen LogP contribution is 2.37. The molecule has 2 aromatic rings. The minimum absolute atomic E-state index is 0.479. The third-order valence-electron chi connectivity index (χ3n) is 3.12. The first-order chi connectivity index (χ1) is 10.6. The Morgan fingerprint density at radius 2 is 1.77 bits per heavy atom. The first-order valence-corrected chi connectivity index (χ1v) is 6.86. The fraction of sp³-hybridized carbons (Fsp3) is 0.118. The zero-order valence-corrected chi connectivity index (χ0v) is 12.9. The molecule has 0 amide bonds. The number of ether oxygens (including phenoxy) is 2. The van der Waals surface area contributed by atoms with Crippen LogP contribution in [0.15, 0.2) is 48.5 Å². The summed E-state index contributed by atoms with van der Waals surface area (Å²) in [4.78, 5) is 11.2. The first-order valence-electron chi connectivity index (χ1n) is 6.48. The lowest BCUT2D eigenvalue weighted by atomic mass is 9.96. The van der Waals surface area contributed by atoms with Crippen molar-refractivity contribution in [3.05, 3.63) is 64.7 Å². The molecule has 0 heterocycles. The summed E-state index contributed by atoms with van der Waals surface area (Å²) in [5.74, 6) is -0.0347. The number of carboxylic acid groups (broad SMARTS) is 1. The molecule has 0 atom stereocenters. The highest BCUT2D eigenvalue weighted by atomic mass is 35.5. The van der Waals surface area contributed by atoms with E-state index in [0.717, 1.165) is 11.6 Å². The molecule has 114 valence electrons. The monoisotopic (exact) mass is 318 g/mol. The second-order valence-corrected chi connectivity index (χ2v) is 4.88. The van der Waals surface area contributed by atoms with E-state index in [1.165, 1.54) is 14.2 Å². The second kappa shape index (κ2) is 7.00. The van der Waals surface area contributed by atoms with Gasteiger partial charge in [0, 0.05) is 16.7 Å². The zero-order chi connectivity index (χ0) is 16.1. The predicted molar refractivity (Wildman–Crippen MR) is 85.7 cm³/mol. The average Bonchev–Trinajstić information content (AvgIpc) is 2.52. The number of para-hydroxylation sites is 1. The van der Waals surface area contributed by atoms with Crippen LogP contribution in [-0.2, 0) is 4.79 Å². The van der Waals surface area contributed by atoms with E-state index in [1.807, 2.05) is 0 Å². The first kappa shape index (κ1) is 15.9. The van der Waals surface area contributed by atoms with Crippen molar-refractivity contribution in [1.82, 2.24) is 0 Å². The summed E-state index contributed by atoms with van der Waals surface area (Å²) in [5, 5.41) is 9.76. The van der Waals surface area contributed by atoms with Gasteiger partial charge >= 0.3 is 5.97 Å². The van der Waals surface area contributed by atoms with E-state index in [1.54, 1.807) is 42.5 Å². The van der Waals surface area contributed by atoms with E-state index < -0.39 is 5.97 Å². The van der Waals surface area contributed by atoms with Crippen molar-refractivity contribution in [2.75, 3.05) is 14.2 Å². The fourth-order valence-electron chi connectivity index (χ4n) is 2.17. The van der Waals surface area contributed by atoms with Gasteiger partial charge in [-0.2, -0.15) is 0 Å². The minimum Gasteiger partial charge on any atom is -0.493 e. The van der Waals surface area contributed by atoms with Crippen molar-refractivity contribution in [2.45, 2.75) is 0 Å². The van der Waals surface area contributed by atoms with Crippen LogP contribution < -0.4 is 9.47 Å². The average molecular weight is 319 g/mol. The highest BCUT2D eigenvalue weighted by Gasteiger charge is 2.16. The highest BCUT2D eigenvalue weighted by molar-refractivity contribution is 6.30. The molecule has 0 saturated heterocycles. The van der Waals surface area contributed by atoms with Gasteiger partial charge in [-0.3, -0.25) is 0 Å². The van der Waals surface area contributed by atoms with Crippen LogP contribution in [0, 0.1) is 0 Å². The van der Waals surface area contributed by atoms with Gasteiger partial charge in [-0.15, -0.1) is 0 Å². The summed E-state index contributed by atoms with van der Waals surface area (Å²) >= 11 is 5.89. The smallest absolute Gasteiger partial charge is 0.328 e. The van der Waals surface area contributed by atoms with Crippen LogP contribution in [0.3, 0.4) is 0 Å². The topological polar surface area (TPSA) is 55.8 Å². The number of aliphatic carboxylic acids is 1. The van der Waals surface area contributed by atoms with Gasteiger partial charge in [0.25, 0.3) is 0 Å². The molecule has 0 aliphatic carbocycles. The van der Waals surface area contributed by atoms with Crippen molar-refractivity contribution in [3.63, 3.8) is 0 Å². The molecule has 0 aliphatic rings. The van der Waals surface area contributed by atoms with Crippen LogP contribution >= 0.6 is 11.6 Å². The summed E-state index contributed by atoms with van der Waals surface area (Å²) in [6.45, 7) is 0. The van der Waals surface area contributed by atoms with Crippen LogP contribution in [-0.4, -0.2) is 25.3 Å². The molecule has 0 spiro atoms. The van der Waals surface area contributed by atoms with Gasteiger partial charge in [0.05, 0.1) is 14.2 Å². The molecule has 2 rings (SSSR count). The lowest BCUT2D eigenvalue weighted by molar-refractivity contribution is -0.131. The van der Waals surface area contributed by atoms with Crippen molar-refractivity contribution in [2.24, 2.45) is 0 Å². The predicted octanol–water partition coefficient (Wildman–Crippen LogP) is 3.87. The van der Waals surface area contributed by atoms with Gasteiger partial charge in [0.2, 0.25) is 0 Å². The molecule has 2 aromatic carbocycles. The molecule has 0 fully saturated rings. The number of hydrogen-bond acceptors (Lipinski definition) is 3. The Bertz CT molecular complexity index is 705. The normalized spacial score (nSPS) is 11.1. The molecule has 22 heavy (non-hydrogen) atoms. The summed E-state index contributed by atoms with van der Waals surface area (Å²) in [5.41, 5.74) is 1.87. The summed E-state index contributed by atoms with van der Waals surface area (Å²) in [7, 11) is 3.05. The standard InChI is InChI=1S/C17H15ClO4/c1-21-15-5-3-4-13(17(15)22-2)14(10-16(19)20)11-6-8-12(18)9-7-11/h3-10H,1-2H3,(H,19,20)/b14-10+. The molecular formula is C17H15ClO4. The molecule has 0 radical (unpaired) electrons. The maximum atomic E-state index is 11.2. The fourth-order valence-corrected chi connectivity index (χ4v) is 2.29. The molecule has 0 aliphatic heterocycles. The van der Waals surface area contributed by atoms with E-state index in [9.17, 15) is 9.90 Å². The summed E-state index contributed by atoms with van der Waals surface area (Å²) < 4.78 is 10.7. The number of hydrogen-bond donors (Lipinski definition) is 1. The van der Waals surface area contributed by atoms with Crippen LogP contribution in [0.5, 0.6) is 11.5 Å². The van der Waals surface area contributed by atoms with Crippen molar-refractivity contribution in [3.8, 4) is 11.5 Å². The number of carbonyl (C=O) groups is 1. The van der Waals surface area contributed by atoms with E-state index in [2.05, 4.69) is 0 Å². The minimum atomic E-state index is -1.05. The molecule has 0 unspecified atom stereocenters. The van der Waals surface area contributed by atoms with Crippen LogP contribution in [0.1, 0.15) is 11.1 Å². The number of methoxy groups -OCH3 is 2. The zero-order valence-electron chi connectivity index (χ0n) is 12.2. The van der Waals surface area contributed by atoms with Gasteiger partial charge in [0.15, 0.2) is 11.5 Å². The Kier molecular flexibility index (Phi) is 5.07. The van der Waals surface area contributed by atoms with E-state index in [-0.39, 0.29) is 0 Å². The van der Waals surface area contributed by atoms with Crippen LogP contribution in [0.25, 0.3) is 5.57 Å². The quantitative estimate of drug-likeness (QED) is 0.850. The second-order valence-electron chi connectivity index (χ2n) is 4.44. The molecule has 0 bridgehead atoms. The van der Waals surface area contributed by atoms with E-state index in [4.69, 9.17) is 21.1 Å². The Hall–Kier alpha value is -2.46. The van der Waals surface area contributed by atoms with Crippen LogP contribution in [0.4, 0.5) is 0 Å². The van der Waals surface area contributed by atoms with Gasteiger partial charge < -0.3 is 14.6 Å². The lowest BCUT2D eigenvalue weighted by Crippen LogP contribution is -1.99. The third kappa shape index (κ3) is 3.40. The molecule has 4 nitrogen and oxygen atoms in total. The van der Waals surface area contributed by atoms with Gasteiger partial charge in [-0.1, -0.05) is 35.9 Å². The number of halogens is 1. The lowest BCUT2D eigenvalue weighted by Gasteiger charge is -2.15. The van der Waals surface area contributed by atoms with Crippen molar-refractivity contribution >= 4 is 23.1 Å². The summed E-state index contributed by atoms with van der Waals surface area (Å²) in [6, 6.07) is 12.3. The molecular weight excluding hydrogens is 304 g/mol. The molecule has 0 aromatic heterocycles. The van der Waals surface area contributed by atoms with Crippen molar-refractivity contribution < 1.29 is 19.4 Å². The van der Waals surface area contributed by atoms with Gasteiger partial charge in [-0.25, -0.2) is 4.79 Å². The molecule has 0 saturated carbocycles. The Balaban J connectivity index is 2.66. The maximum Gasteiger partial charge on any atom is 0.328 e. The SMILES string of the molecule is COc1cccc(/C(=C/C(=O)O)c2ccc(Cl)cc2)c1OC. The number of rotatable bonds is 5. The van der Waals surface area contributed by atoms with E-state index in [0.29, 0.717) is 27.7 Å². The Morgan fingerprint density at radius 1 is 1.09 bits per heavy atom. The molecule has 1 N–H and O–H groups in total.